The highest BCUT2D eigenvalue weighted by molar-refractivity contribution is 7.89. The number of aromatic hydroxyl groups is 1. The van der Waals surface area contributed by atoms with Crippen molar-refractivity contribution in [3.8, 4) is 11.5 Å². The number of phenolic OH excluding ortho intramolecular Hbond substituents is 1. The molecule has 9 heteroatoms. The van der Waals surface area contributed by atoms with Crippen molar-refractivity contribution in [2.45, 2.75) is 24.7 Å². The summed E-state index contributed by atoms with van der Waals surface area (Å²) < 4.78 is 32.0. The van der Waals surface area contributed by atoms with Gasteiger partial charge in [0.25, 0.3) is 5.91 Å². The SMILES string of the molecule is CCOc1cc(/C=N/NC(=O)c2cccc(S(=O)(=O)N3CCCC3)c2)ccc1O. The van der Waals surface area contributed by atoms with E-state index in [-0.39, 0.29) is 16.2 Å². The van der Waals surface area contributed by atoms with Gasteiger partial charge in [-0.05, 0) is 61.7 Å². The van der Waals surface area contributed by atoms with Gasteiger partial charge in [-0.1, -0.05) is 6.07 Å². The van der Waals surface area contributed by atoms with Crippen molar-refractivity contribution in [2.75, 3.05) is 19.7 Å². The first-order valence-electron chi connectivity index (χ1n) is 9.31. The van der Waals surface area contributed by atoms with Crippen molar-refractivity contribution in [1.82, 2.24) is 9.73 Å². The van der Waals surface area contributed by atoms with E-state index in [1.165, 1.54) is 40.9 Å². The smallest absolute Gasteiger partial charge is 0.271 e. The minimum absolute atomic E-state index is 0.0177. The highest BCUT2D eigenvalue weighted by Crippen LogP contribution is 2.26. The van der Waals surface area contributed by atoms with Gasteiger partial charge in [0.2, 0.25) is 10.0 Å². The molecule has 0 bridgehead atoms. The van der Waals surface area contributed by atoms with Crippen LogP contribution >= 0.6 is 0 Å². The molecule has 8 nitrogen and oxygen atoms in total. The highest BCUT2D eigenvalue weighted by Gasteiger charge is 2.27. The summed E-state index contributed by atoms with van der Waals surface area (Å²) in [5.74, 6) is -0.185. The van der Waals surface area contributed by atoms with E-state index in [0.717, 1.165) is 12.8 Å². The van der Waals surface area contributed by atoms with Gasteiger partial charge >= 0.3 is 0 Å². The fourth-order valence-corrected chi connectivity index (χ4v) is 4.55. The summed E-state index contributed by atoms with van der Waals surface area (Å²) in [4.78, 5) is 12.5. The lowest BCUT2D eigenvalue weighted by Crippen LogP contribution is -2.28. The molecular weight excluding hydrogens is 394 g/mol. The molecule has 1 saturated heterocycles. The number of nitrogens with zero attached hydrogens (tertiary/aromatic N) is 2. The Hall–Kier alpha value is -2.91. The molecule has 2 N–H and O–H groups in total. The minimum Gasteiger partial charge on any atom is -0.504 e. The molecule has 3 rings (SSSR count). The van der Waals surface area contributed by atoms with E-state index < -0.39 is 15.9 Å². The maximum atomic E-state index is 12.7. The van der Waals surface area contributed by atoms with Crippen LogP contribution in [0.15, 0.2) is 52.5 Å². The third-order valence-corrected chi connectivity index (χ3v) is 6.36. The molecule has 154 valence electrons. The lowest BCUT2D eigenvalue weighted by Gasteiger charge is -2.15. The number of hydrogen-bond donors (Lipinski definition) is 2. The molecule has 2 aromatic carbocycles. The number of rotatable bonds is 7. The van der Waals surface area contributed by atoms with Gasteiger partial charge in [-0.3, -0.25) is 4.79 Å². The molecular formula is C20H23N3O5S. The molecule has 2 aromatic rings. The van der Waals surface area contributed by atoms with Crippen molar-refractivity contribution >= 4 is 22.1 Å². The van der Waals surface area contributed by atoms with Gasteiger partial charge in [0.1, 0.15) is 0 Å². The Labute approximate surface area is 169 Å². The number of phenols is 1. The topological polar surface area (TPSA) is 108 Å². The third kappa shape index (κ3) is 4.93. The number of amides is 1. The van der Waals surface area contributed by atoms with Crippen molar-refractivity contribution < 1.29 is 23.1 Å². The monoisotopic (exact) mass is 417 g/mol. The number of benzene rings is 2. The van der Waals surface area contributed by atoms with Gasteiger partial charge in [-0.25, -0.2) is 13.8 Å². The van der Waals surface area contributed by atoms with Gasteiger partial charge < -0.3 is 9.84 Å². The maximum absolute atomic E-state index is 12.7. The molecule has 29 heavy (non-hydrogen) atoms. The second-order valence-corrected chi connectivity index (χ2v) is 8.44. The Morgan fingerprint density at radius 3 is 2.72 bits per heavy atom. The number of hydrazone groups is 1. The van der Waals surface area contributed by atoms with Crippen molar-refractivity contribution in [2.24, 2.45) is 5.10 Å². The van der Waals surface area contributed by atoms with E-state index in [2.05, 4.69) is 10.5 Å². The number of sulfonamides is 1. The molecule has 0 unspecified atom stereocenters. The summed E-state index contributed by atoms with van der Waals surface area (Å²) in [7, 11) is -3.60. The normalized spacial score (nSPS) is 14.9. The molecule has 1 heterocycles. The lowest BCUT2D eigenvalue weighted by molar-refractivity contribution is 0.0955. The first kappa shape index (κ1) is 20.8. The minimum atomic E-state index is -3.60. The van der Waals surface area contributed by atoms with Crippen molar-refractivity contribution in [3.63, 3.8) is 0 Å². The van der Waals surface area contributed by atoms with Gasteiger partial charge in [0.05, 0.1) is 17.7 Å². The van der Waals surface area contributed by atoms with E-state index in [1.807, 2.05) is 0 Å². The first-order chi connectivity index (χ1) is 13.9. The van der Waals surface area contributed by atoms with Crippen LogP contribution in [0.3, 0.4) is 0 Å². The fraction of sp³-hybridized carbons (Fsp3) is 0.300. The summed E-state index contributed by atoms with van der Waals surface area (Å²) in [5.41, 5.74) is 3.20. The van der Waals surface area contributed by atoms with Crippen LogP contribution in [0.4, 0.5) is 0 Å². The van der Waals surface area contributed by atoms with Crippen LogP contribution in [0, 0.1) is 0 Å². The highest BCUT2D eigenvalue weighted by atomic mass is 32.2. The van der Waals surface area contributed by atoms with Crippen LogP contribution in [-0.2, 0) is 10.0 Å². The predicted octanol–water partition coefficient (Wildman–Crippen LogP) is 2.34. The van der Waals surface area contributed by atoms with E-state index in [1.54, 1.807) is 19.1 Å². The Morgan fingerprint density at radius 1 is 1.24 bits per heavy atom. The molecule has 0 atom stereocenters. The molecule has 0 radical (unpaired) electrons. The zero-order chi connectivity index (χ0) is 20.9. The summed E-state index contributed by atoms with van der Waals surface area (Å²) in [6, 6.07) is 10.6. The van der Waals surface area contributed by atoms with Gasteiger partial charge in [-0.15, -0.1) is 0 Å². The zero-order valence-corrected chi connectivity index (χ0v) is 16.9. The fourth-order valence-electron chi connectivity index (χ4n) is 2.99. The first-order valence-corrected chi connectivity index (χ1v) is 10.8. The van der Waals surface area contributed by atoms with Crippen LogP contribution in [0.1, 0.15) is 35.7 Å². The Morgan fingerprint density at radius 2 is 2.00 bits per heavy atom. The Kier molecular flexibility index (Phi) is 6.50. The summed E-state index contributed by atoms with van der Waals surface area (Å²) >= 11 is 0. The van der Waals surface area contributed by atoms with E-state index in [9.17, 15) is 18.3 Å². The second kappa shape index (κ2) is 9.06. The lowest BCUT2D eigenvalue weighted by atomic mass is 10.2. The van der Waals surface area contributed by atoms with Crippen LogP contribution in [0.5, 0.6) is 11.5 Å². The van der Waals surface area contributed by atoms with Crippen LogP contribution in [-0.4, -0.2) is 49.6 Å². The largest absolute Gasteiger partial charge is 0.504 e. The molecule has 0 aromatic heterocycles. The number of ether oxygens (including phenoxy) is 1. The molecule has 1 amide bonds. The quantitative estimate of drug-likeness (QED) is 0.531. The molecule has 1 fully saturated rings. The van der Waals surface area contributed by atoms with Crippen LogP contribution in [0.2, 0.25) is 0 Å². The van der Waals surface area contributed by atoms with Crippen LogP contribution < -0.4 is 10.2 Å². The number of hydrogen-bond acceptors (Lipinski definition) is 6. The van der Waals surface area contributed by atoms with E-state index in [0.29, 0.717) is 31.0 Å². The molecule has 1 aliphatic rings. The average Bonchev–Trinajstić information content (AvgIpc) is 3.26. The molecule has 0 spiro atoms. The molecule has 1 aliphatic heterocycles. The second-order valence-electron chi connectivity index (χ2n) is 6.50. The maximum Gasteiger partial charge on any atom is 0.271 e. The predicted molar refractivity (Wildman–Crippen MR) is 109 cm³/mol. The standard InChI is InChI=1S/C20H23N3O5S/c1-2-28-19-12-15(8-9-18(19)24)14-21-22-20(25)16-6-5-7-17(13-16)29(26,27)23-10-3-4-11-23/h5-9,12-14,24H,2-4,10-11H2,1H3,(H,22,25)/b21-14+. The van der Waals surface area contributed by atoms with E-state index >= 15 is 0 Å². The molecule has 0 aliphatic carbocycles. The van der Waals surface area contributed by atoms with Gasteiger partial charge in [0, 0.05) is 18.7 Å². The summed E-state index contributed by atoms with van der Waals surface area (Å²) in [6.45, 7) is 3.21. The third-order valence-electron chi connectivity index (χ3n) is 4.46. The Balaban J connectivity index is 1.70. The average molecular weight is 417 g/mol. The van der Waals surface area contributed by atoms with Crippen molar-refractivity contribution in [1.29, 1.82) is 0 Å². The van der Waals surface area contributed by atoms with Gasteiger partial charge in [-0.2, -0.15) is 9.41 Å². The Bertz CT molecular complexity index is 1010. The summed E-state index contributed by atoms with van der Waals surface area (Å²) in [6.07, 6.45) is 3.09. The number of carbonyl (C=O) groups is 1. The van der Waals surface area contributed by atoms with Crippen LogP contribution in [0.25, 0.3) is 0 Å². The number of carbonyl (C=O) groups excluding carboxylic acids is 1. The van der Waals surface area contributed by atoms with Crippen molar-refractivity contribution in [3.05, 3.63) is 53.6 Å². The molecule has 0 saturated carbocycles. The summed E-state index contributed by atoms with van der Waals surface area (Å²) in [5, 5.41) is 13.6. The number of nitrogens with one attached hydrogen (secondary N) is 1. The van der Waals surface area contributed by atoms with E-state index in [4.69, 9.17) is 4.74 Å². The zero-order valence-electron chi connectivity index (χ0n) is 16.0. The van der Waals surface area contributed by atoms with Gasteiger partial charge in [0.15, 0.2) is 11.5 Å².